The van der Waals surface area contributed by atoms with Gasteiger partial charge in [0.15, 0.2) is 0 Å². The minimum atomic E-state index is -0.443. The number of fused-ring (bicyclic) bond motifs is 1. The Morgan fingerprint density at radius 2 is 2.00 bits per heavy atom. The van der Waals surface area contributed by atoms with E-state index in [2.05, 4.69) is 20.4 Å². The number of carbonyl (C=O) groups excluding carboxylic acids is 1. The Morgan fingerprint density at radius 3 is 2.68 bits per heavy atom. The lowest BCUT2D eigenvalue weighted by molar-refractivity contribution is 0.0941. The van der Waals surface area contributed by atoms with E-state index in [1.165, 1.54) is 12.3 Å². The minimum Gasteiger partial charge on any atom is -0.345 e. The smallest absolute Gasteiger partial charge is 0.259 e. The molecule has 0 spiro atoms. The first-order valence-electron chi connectivity index (χ1n) is 8.05. The molecule has 1 atom stereocenters. The second-order valence-electron chi connectivity index (χ2n) is 6.33. The maximum absolute atomic E-state index is 13.3. The number of hydrogen-bond acceptors (Lipinski definition) is 5. The second-order valence-corrected chi connectivity index (χ2v) is 6.33. The van der Waals surface area contributed by atoms with Gasteiger partial charge in [0, 0.05) is 11.9 Å². The highest BCUT2D eigenvalue weighted by Gasteiger charge is 2.21. The Hall–Kier alpha value is -2.83. The third kappa shape index (κ3) is 3.35. The second kappa shape index (κ2) is 6.58. The summed E-state index contributed by atoms with van der Waals surface area (Å²) in [6, 6.07) is 2.70. The zero-order chi connectivity index (χ0) is 18.1. The number of halogens is 1. The first-order valence-corrected chi connectivity index (χ1v) is 8.05. The van der Waals surface area contributed by atoms with Gasteiger partial charge in [-0.1, -0.05) is 19.0 Å². The molecule has 0 aliphatic carbocycles. The van der Waals surface area contributed by atoms with Crippen molar-refractivity contribution < 1.29 is 13.7 Å². The molecule has 0 aliphatic rings. The maximum atomic E-state index is 13.3. The van der Waals surface area contributed by atoms with Gasteiger partial charge < -0.3 is 9.84 Å². The number of rotatable bonds is 4. The molecule has 6 nitrogen and oxygen atoms in total. The quantitative estimate of drug-likeness (QED) is 0.782. The molecule has 1 N–H and O–H groups in total. The Labute approximate surface area is 144 Å². The monoisotopic (exact) mass is 342 g/mol. The van der Waals surface area contributed by atoms with Crippen LogP contribution in [0.4, 0.5) is 4.39 Å². The van der Waals surface area contributed by atoms with Crippen LogP contribution in [0, 0.1) is 12.7 Å². The van der Waals surface area contributed by atoms with Gasteiger partial charge in [0.1, 0.15) is 5.82 Å². The van der Waals surface area contributed by atoms with Crippen LogP contribution in [0.25, 0.3) is 11.1 Å². The lowest BCUT2D eigenvalue weighted by Gasteiger charge is -2.15. The SMILES string of the molecule is Cc1noc2nc(C(C)C)cc(C(=O)NC(C)c3cncc(F)c3)c12. The Morgan fingerprint density at radius 1 is 1.24 bits per heavy atom. The molecule has 3 aromatic heterocycles. The van der Waals surface area contributed by atoms with Crippen molar-refractivity contribution in [3.05, 3.63) is 52.9 Å². The van der Waals surface area contributed by atoms with Crippen molar-refractivity contribution in [2.24, 2.45) is 0 Å². The van der Waals surface area contributed by atoms with Gasteiger partial charge >= 0.3 is 0 Å². The molecule has 25 heavy (non-hydrogen) atoms. The zero-order valence-corrected chi connectivity index (χ0v) is 14.5. The number of aryl methyl sites for hydroxylation is 1. The predicted molar refractivity (Wildman–Crippen MR) is 90.7 cm³/mol. The third-order valence-electron chi connectivity index (χ3n) is 4.05. The number of nitrogens with zero attached hydrogens (tertiary/aromatic N) is 3. The van der Waals surface area contributed by atoms with Crippen LogP contribution >= 0.6 is 0 Å². The van der Waals surface area contributed by atoms with Crippen molar-refractivity contribution in [1.29, 1.82) is 0 Å². The maximum Gasteiger partial charge on any atom is 0.259 e. The van der Waals surface area contributed by atoms with Crippen molar-refractivity contribution in [3.8, 4) is 0 Å². The van der Waals surface area contributed by atoms with Gasteiger partial charge in [0.25, 0.3) is 11.6 Å². The topological polar surface area (TPSA) is 80.9 Å². The Kier molecular flexibility index (Phi) is 4.48. The normalized spacial score (nSPS) is 12.6. The number of pyridine rings is 2. The van der Waals surface area contributed by atoms with Crippen LogP contribution in [-0.4, -0.2) is 21.0 Å². The van der Waals surface area contributed by atoms with Gasteiger partial charge in [0.2, 0.25) is 0 Å². The summed E-state index contributed by atoms with van der Waals surface area (Å²) < 4.78 is 18.6. The first kappa shape index (κ1) is 17.0. The van der Waals surface area contributed by atoms with Crippen LogP contribution in [0.2, 0.25) is 0 Å². The Balaban J connectivity index is 1.97. The van der Waals surface area contributed by atoms with E-state index in [0.717, 1.165) is 11.9 Å². The summed E-state index contributed by atoms with van der Waals surface area (Å²) in [7, 11) is 0. The molecule has 0 saturated carbocycles. The fraction of sp³-hybridized carbons (Fsp3) is 0.333. The molecule has 130 valence electrons. The first-order chi connectivity index (χ1) is 11.9. The summed E-state index contributed by atoms with van der Waals surface area (Å²) in [5.41, 5.74) is 2.72. The van der Waals surface area contributed by atoms with E-state index < -0.39 is 11.9 Å². The average Bonchev–Trinajstić information content (AvgIpc) is 2.95. The number of hydrogen-bond donors (Lipinski definition) is 1. The van der Waals surface area contributed by atoms with Crippen LogP contribution in [0.5, 0.6) is 0 Å². The number of carbonyl (C=O) groups is 1. The number of nitrogens with one attached hydrogen (secondary N) is 1. The standard InChI is InChI=1S/C18H19FN4O2/c1-9(2)15-6-14(16-11(4)23-25-18(16)22-15)17(24)21-10(3)12-5-13(19)8-20-7-12/h5-10H,1-4H3,(H,21,24). The number of aromatic nitrogens is 3. The van der Waals surface area contributed by atoms with Crippen LogP contribution in [0.15, 0.2) is 29.0 Å². The summed E-state index contributed by atoms with van der Waals surface area (Å²) in [6.45, 7) is 7.51. The van der Waals surface area contributed by atoms with Gasteiger partial charge in [-0.05, 0) is 37.5 Å². The fourth-order valence-corrected chi connectivity index (χ4v) is 2.61. The van der Waals surface area contributed by atoms with E-state index in [0.29, 0.717) is 27.9 Å². The molecular weight excluding hydrogens is 323 g/mol. The highest BCUT2D eigenvalue weighted by molar-refractivity contribution is 6.06. The van der Waals surface area contributed by atoms with Gasteiger partial charge in [-0.15, -0.1) is 0 Å². The molecule has 7 heteroatoms. The average molecular weight is 342 g/mol. The fourth-order valence-electron chi connectivity index (χ4n) is 2.61. The van der Waals surface area contributed by atoms with Crippen molar-refractivity contribution >= 4 is 17.0 Å². The van der Waals surface area contributed by atoms with E-state index in [9.17, 15) is 9.18 Å². The molecule has 1 amide bonds. The zero-order valence-electron chi connectivity index (χ0n) is 14.5. The van der Waals surface area contributed by atoms with Crippen molar-refractivity contribution in [1.82, 2.24) is 20.4 Å². The highest BCUT2D eigenvalue weighted by atomic mass is 19.1. The van der Waals surface area contributed by atoms with Gasteiger partial charge in [-0.25, -0.2) is 9.37 Å². The molecular formula is C18H19FN4O2. The van der Waals surface area contributed by atoms with E-state index in [4.69, 9.17) is 4.52 Å². The van der Waals surface area contributed by atoms with E-state index in [-0.39, 0.29) is 11.8 Å². The Bertz CT molecular complexity index is 936. The van der Waals surface area contributed by atoms with E-state index in [1.807, 2.05) is 13.8 Å². The van der Waals surface area contributed by atoms with Crippen molar-refractivity contribution in [2.45, 2.75) is 39.7 Å². The van der Waals surface area contributed by atoms with E-state index >= 15 is 0 Å². The molecule has 0 fully saturated rings. The van der Waals surface area contributed by atoms with Crippen LogP contribution in [-0.2, 0) is 0 Å². The molecule has 0 bridgehead atoms. The largest absolute Gasteiger partial charge is 0.345 e. The molecule has 3 rings (SSSR count). The molecule has 3 aromatic rings. The minimum absolute atomic E-state index is 0.131. The molecule has 0 aliphatic heterocycles. The van der Waals surface area contributed by atoms with Crippen molar-refractivity contribution in [2.75, 3.05) is 0 Å². The molecule has 0 aromatic carbocycles. The summed E-state index contributed by atoms with van der Waals surface area (Å²) >= 11 is 0. The predicted octanol–water partition coefficient (Wildman–Crippen LogP) is 3.68. The third-order valence-corrected chi connectivity index (χ3v) is 4.05. The highest BCUT2D eigenvalue weighted by Crippen LogP contribution is 2.25. The summed E-state index contributed by atoms with van der Waals surface area (Å²) in [5.74, 6) is -0.606. The summed E-state index contributed by atoms with van der Waals surface area (Å²) in [5, 5.41) is 7.37. The van der Waals surface area contributed by atoms with Gasteiger partial charge in [-0.3, -0.25) is 9.78 Å². The number of amides is 1. The summed E-state index contributed by atoms with van der Waals surface area (Å²) in [6.07, 6.45) is 2.65. The summed E-state index contributed by atoms with van der Waals surface area (Å²) in [4.78, 5) is 21.1. The van der Waals surface area contributed by atoms with Gasteiger partial charge in [0.05, 0.1) is 28.9 Å². The van der Waals surface area contributed by atoms with Gasteiger partial charge in [-0.2, -0.15) is 0 Å². The molecule has 0 radical (unpaired) electrons. The molecule has 0 saturated heterocycles. The van der Waals surface area contributed by atoms with E-state index in [1.54, 1.807) is 19.9 Å². The lowest BCUT2D eigenvalue weighted by Crippen LogP contribution is -2.27. The molecule has 1 unspecified atom stereocenters. The lowest BCUT2D eigenvalue weighted by atomic mass is 10.0. The van der Waals surface area contributed by atoms with Crippen LogP contribution in [0.3, 0.4) is 0 Å². The van der Waals surface area contributed by atoms with Crippen LogP contribution < -0.4 is 5.32 Å². The van der Waals surface area contributed by atoms with Crippen LogP contribution in [0.1, 0.15) is 60.0 Å². The van der Waals surface area contributed by atoms with Crippen molar-refractivity contribution in [3.63, 3.8) is 0 Å². The molecule has 3 heterocycles.